The smallest absolute Gasteiger partial charge is 0.127 e. The number of hydrogen-bond acceptors (Lipinski definition) is 4. The first kappa shape index (κ1) is 23.5. The first-order chi connectivity index (χ1) is 17.0. The van der Waals surface area contributed by atoms with Crippen LogP contribution in [0.15, 0.2) is 102 Å². The van der Waals surface area contributed by atoms with Crippen LogP contribution in [0.5, 0.6) is 23.0 Å². The summed E-state index contributed by atoms with van der Waals surface area (Å²) in [4.78, 5) is 1.20. The fourth-order valence-electron chi connectivity index (χ4n) is 4.20. The summed E-state index contributed by atoms with van der Waals surface area (Å²) in [6.07, 6.45) is 1.87. The molecule has 0 radical (unpaired) electrons. The lowest BCUT2D eigenvalue weighted by molar-refractivity contribution is 0.212. The summed E-state index contributed by atoms with van der Waals surface area (Å²) >= 11 is 1.84. The van der Waals surface area contributed by atoms with Gasteiger partial charge in [-0.3, -0.25) is 0 Å². The fourth-order valence-corrected chi connectivity index (χ4v) is 5.65. The summed E-state index contributed by atoms with van der Waals surface area (Å²) in [6, 6.07) is 32.6. The van der Waals surface area contributed by atoms with E-state index in [4.69, 9.17) is 9.47 Å². The Morgan fingerprint density at radius 3 is 1.57 bits per heavy atom. The molecule has 4 aromatic rings. The summed E-state index contributed by atoms with van der Waals surface area (Å²) in [7, 11) is 0. The number of ether oxygens (including phenoxy) is 2. The van der Waals surface area contributed by atoms with Crippen LogP contribution in [-0.2, 0) is 6.42 Å². The Balaban J connectivity index is 1.16. The van der Waals surface area contributed by atoms with Gasteiger partial charge in [-0.05, 0) is 92.9 Å². The van der Waals surface area contributed by atoms with E-state index in [-0.39, 0.29) is 12.0 Å². The molecule has 0 spiro atoms. The fraction of sp³-hybridized carbons (Fsp3) is 0.226. The highest BCUT2D eigenvalue weighted by Crippen LogP contribution is 2.57. The van der Waals surface area contributed by atoms with Gasteiger partial charge in [0.25, 0.3) is 0 Å². The Hall–Kier alpha value is -3.21. The molecule has 0 aliphatic heterocycles. The van der Waals surface area contributed by atoms with E-state index >= 15 is 0 Å². The lowest BCUT2D eigenvalue weighted by Crippen LogP contribution is -2.14. The van der Waals surface area contributed by atoms with Gasteiger partial charge in [0, 0.05) is 15.6 Å². The highest BCUT2D eigenvalue weighted by molar-refractivity contribution is 8.00. The van der Waals surface area contributed by atoms with Crippen LogP contribution in [0.2, 0.25) is 0 Å². The van der Waals surface area contributed by atoms with Gasteiger partial charge in [0.15, 0.2) is 0 Å². The van der Waals surface area contributed by atoms with Gasteiger partial charge in [-0.2, -0.15) is 0 Å². The molecule has 2 unspecified atom stereocenters. The molecule has 178 valence electrons. The predicted molar refractivity (Wildman–Crippen MR) is 143 cm³/mol. The monoisotopic (exact) mass is 482 g/mol. The molecule has 1 fully saturated rings. The Kier molecular flexibility index (Phi) is 6.85. The predicted octanol–water partition coefficient (Wildman–Crippen LogP) is 7.97. The number of aliphatic hydroxyl groups is 1. The van der Waals surface area contributed by atoms with Gasteiger partial charge in [-0.1, -0.05) is 47.5 Å². The number of hydrogen-bond donors (Lipinski definition) is 1. The molecule has 1 saturated carbocycles. The van der Waals surface area contributed by atoms with Crippen LogP contribution in [0.25, 0.3) is 0 Å². The van der Waals surface area contributed by atoms with Gasteiger partial charge in [0.05, 0.1) is 6.61 Å². The van der Waals surface area contributed by atoms with Gasteiger partial charge < -0.3 is 14.6 Å². The van der Waals surface area contributed by atoms with Gasteiger partial charge in [0.1, 0.15) is 23.0 Å². The molecule has 1 aliphatic rings. The van der Waals surface area contributed by atoms with Gasteiger partial charge in [0.2, 0.25) is 0 Å². The molecular weight excluding hydrogens is 452 g/mol. The number of aliphatic hydroxyl groups excluding tert-OH is 1. The molecule has 1 N–H and O–H groups in total. The van der Waals surface area contributed by atoms with Crippen molar-refractivity contribution in [3.63, 3.8) is 0 Å². The van der Waals surface area contributed by atoms with Crippen molar-refractivity contribution in [1.29, 1.82) is 0 Å². The highest BCUT2D eigenvalue weighted by Gasteiger charge is 2.54. The van der Waals surface area contributed by atoms with Crippen molar-refractivity contribution < 1.29 is 14.6 Å². The number of thioether (sulfide) groups is 1. The zero-order chi connectivity index (χ0) is 24.3. The molecule has 35 heavy (non-hydrogen) atoms. The third-order valence-corrected chi connectivity index (χ3v) is 8.02. The van der Waals surface area contributed by atoms with Crippen molar-refractivity contribution in [1.82, 2.24) is 0 Å². The minimum Gasteiger partial charge on any atom is -0.457 e. The van der Waals surface area contributed by atoms with E-state index in [2.05, 4.69) is 38.1 Å². The van der Waals surface area contributed by atoms with Crippen molar-refractivity contribution >= 4 is 11.8 Å². The van der Waals surface area contributed by atoms with Gasteiger partial charge in [-0.15, -0.1) is 11.8 Å². The van der Waals surface area contributed by atoms with E-state index in [1.165, 1.54) is 21.6 Å². The van der Waals surface area contributed by atoms with E-state index in [0.717, 1.165) is 35.8 Å². The molecule has 4 heteroatoms. The summed E-state index contributed by atoms with van der Waals surface area (Å²) < 4.78 is 11.9. The largest absolute Gasteiger partial charge is 0.457 e. The maximum atomic E-state index is 10.2. The molecule has 0 aromatic heterocycles. The minimum atomic E-state index is -0.0684. The zero-order valence-corrected chi connectivity index (χ0v) is 20.9. The summed E-state index contributed by atoms with van der Waals surface area (Å²) in [6.45, 7) is 4.33. The van der Waals surface area contributed by atoms with Crippen LogP contribution >= 0.6 is 11.8 Å². The number of benzene rings is 4. The minimum absolute atomic E-state index is 0.0684. The average molecular weight is 483 g/mol. The number of rotatable bonds is 9. The van der Waals surface area contributed by atoms with Crippen LogP contribution in [-0.4, -0.2) is 17.0 Å². The Labute approximate surface area is 211 Å². The van der Waals surface area contributed by atoms with E-state index in [1.807, 2.05) is 84.6 Å². The second-order valence-corrected chi connectivity index (χ2v) is 10.7. The van der Waals surface area contributed by atoms with Crippen LogP contribution in [0.1, 0.15) is 23.1 Å². The number of aryl methyl sites for hydroxylation is 2. The average Bonchev–Trinajstić information content (AvgIpc) is 3.56. The maximum Gasteiger partial charge on any atom is 0.127 e. The van der Waals surface area contributed by atoms with E-state index in [9.17, 15) is 5.11 Å². The van der Waals surface area contributed by atoms with Crippen molar-refractivity contribution in [2.45, 2.75) is 36.8 Å². The Bertz CT molecular complexity index is 1250. The third kappa shape index (κ3) is 5.90. The molecule has 3 nitrogen and oxygen atoms in total. The quantitative estimate of drug-likeness (QED) is 0.262. The van der Waals surface area contributed by atoms with Crippen molar-refractivity contribution in [3.8, 4) is 23.0 Å². The lowest BCUT2D eigenvalue weighted by Gasteiger charge is -2.15. The van der Waals surface area contributed by atoms with Crippen LogP contribution in [0, 0.1) is 19.3 Å². The Morgan fingerprint density at radius 2 is 1.11 bits per heavy atom. The van der Waals surface area contributed by atoms with E-state index in [1.54, 1.807) is 0 Å². The SMILES string of the molecule is Cc1ccc(Oc2ccc(CC3(CO)CC3Sc3ccc(Oc4ccc(C)cc4)cc3)cc2)cc1. The summed E-state index contributed by atoms with van der Waals surface area (Å²) in [5.41, 5.74) is 3.58. The van der Waals surface area contributed by atoms with Crippen molar-refractivity contribution in [2.75, 3.05) is 6.61 Å². The normalized spacial score (nSPS) is 18.8. The molecule has 0 saturated heterocycles. The summed E-state index contributed by atoms with van der Waals surface area (Å²) in [5.74, 6) is 3.33. The van der Waals surface area contributed by atoms with Crippen LogP contribution < -0.4 is 9.47 Å². The molecule has 4 aromatic carbocycles. The van der Waals surface area contributed by atoms with E-state index in [0.29, 0.717) is 5.25 Å². The second-order valence-electron chi connectivity index (χ2n) is 9.45. The molecule has 1 aliphatic carbocycles. The van der Waals surface area contributed by atoms with E-state index < -0.39 is 0 Å². The Morgan fingerprint density at radius 1 is 0.686 bits per heavy atom. The molecule has 0 heterocycles. The second kappa shape index (κ2) is 10.2. The van der Waals surface area contributed by atoms with Gasteiger partial charge in [-0.25, -0.2) is 0 Å². The van der Waals surface area contributed by atoms with Crippen LogP contribution in [0.3, 0.4) is 0 Å². The lowest BCUT2D eigenvalue weighted by atomic mass is 9.97. The highest BCUT2D eigenvalue weighted by atomic mass is 32.2. The van der Waals surface area contributed by atoms with Crippen LogP contribution in [0.4, 0.5) is 0 Å². The topological polar surface area (TPSA) is 38.7 Å². The molecule has 5 rings (SSSR count). The summed E-state index contributed by atoms with van der Waals surface area (Å²) in [5, 5.41) is 10.6. The standard InChI is InChI=1S/C31H30O3S/c1-22-3-9-25(10-4-22)33-27-13-7-24(8-14-27)19-31(21-32)20-30(31)35-29-17-15-28(16-18-29)34-26-11-5-23(2)6-12-26/h3-18,30,32H,19-21H2,1-2H3. The first-order valence-corrected chi connectivity index (χ1v) is 12.8. The molecule has 2 atom stereocenters. The zero-order valence-electron chi connectivity index (χ0n) is 20.1. The van der Waals surface area contributed by atoms with Crippen molar-refractivity contribution in [3.05, 3.63) is 114 Å². The molecule has 0 amide bonds. The first-order valence-electron chi connectivity index (χ1n) is 12.0. The molecule has 0 bridgehead atoms. The maximum absolute atomic E-state index is 10.2. The third-order valence-electron chi connectivity index (χ3n) is 6.52. The van der Waals surface area contributed by atoms with Gasteiger partial charge >= 0.3 is 0 Å². The van der Waals surface area contributed by atoms with Crippen molar-refractivity contribution in [2.24, 2.45) is 5.41 Å². The molecular formula is C31H30O3S.